The quantitative estimate of drug-likeness (QED) is 0.469. The van der Waals surface area contributed by atoms with E-state index >= 15 is 0 Å². The van der Waals surface area contributed by atoms with Crippen LogP contribution in [0, 0.1) is 0 Å². The van der Waals surface area contributed by atoms with Gasteiger partial charge in [0.2, 0.25) is 0 Å². The molecule has 0 unspecified atom stereocenters. The van der Waals surface area contributed by atoms with Crippen LogP contribution in [0.3, 0.4) is 0 Å². The van der Waals surface area contributed by atoms with Gasteiger partial charge in [-0.2, -0.15) is 0 Å². The van der Waals surface area contributed by atoms with Gasteiger partial charge in [-0.3, -0.25) is 0 Å². The molecular formula is C4H6NO2. The SMILES string of the molecule is [O]CN1CC=CO1. The fraction of sp³-hybridized carbons (Fsp3) is 0.500. The first-order valence-electron chi connectivity index (χ1n) is 2.08. The van der Waals surface area contributed by atoms with E-state index in [2.05, 4.69) is 4.84 Å². The van der Waals surface area contributed by atoms with Gasteiger partial charge < -0.3 is 4.84 Å². The van der Waals surface area contributed by atoms with Gasteiger partial charge >= 0.3 is 0 Å². The fourth-order valence-electron chi connectivity index (χ4n) is 0.416. The van der Waals surface area contributed by atoms with Crippen molar-refractivity contribution in [3.63, 3.8) is 0 Å². The minimum absolute atomic E-state index is 0.285. The molecule has 0 amide bonds. The van der Waals surface area contributed by atoms with Gasteiger partial charge in [0, 0.05) is 0 Å². The number of rotatable bonds is 1. The minimum Gasteiger partial charge on any atom is -0.411 e. The highest BCUT2D eigenvalue weighted by atomic mass is 16.7. The number of nitrogens with zero attached hydrogens (tertiary/aromatic N) is 1. The fourth-order valence-corrected chi connectivity index (χ4v) is 0.416. The normalized spacial score (nSPS) is 20.1. The molecule has 0 atom stereocenters. The zero-order valence-corrected chi connectivity index (χ0v) is 3.83. The van der Waals surface area contributed by atoms with E-state index in [-0.39, 0.29) is 6.73 Å². The van der Waals surface area contributed by atoms with Gasteiger partial charge in [0.15, 0.2) is 6.73 Å². The van der Waals surface area contributed by atoms with Crippen molar-refractivity contribution in [2.45, 2.75) is 0 Å². The summed E-state index contributed by atoms with van der Waals surface area (Å²) >= 11 is 0. The van der Waals surface area contributed by atoms with Crippen LogP contribution in [0.15, 0.2) is 12.3 Å². The van der Waals surface area contributed by atoms with Crippen molar-refractivity contribution in [1.29, 1.82) is 0 Å². The Bertz CT molecular complexity index is 73.8. The minimum atomic E-state index is -0.285. The van der Waals surface area contributed by atoms with Crippen LogP contribution in [0.2, 0.25) is 0 Å². The van der Waals surface area contributed by atoms with E-state index in [1.54, 1.807) is 6.08 Å². The molecule has 39 valence electrons. The van der Waals surface area contributed by atoms with E-state index in [4.69, 9.17) is 0 Å². The van der Waals surface area contributed by atoms with Crippen LogP contribution in [0.1, 0.15) is 0 Å². The van der Waals surface area contributed by atoms with Gasteiger partial charge in [-0.25, -0.2) is 5.11 Å². The largest absolute Gasteiger partial charge is 0.411 e. The maximum Gasteiger partial charge on any atom is 0.168 e. The molecule has 1 heterocycles. The van der Waals surface area contributed by atoms with Gasteiger partial charge in [-0.1, -0.05) is 0 Å². The monoisotopic (exact) mass is 100 g/mol. The molecule has 1 aliphatic rings. The van der Waals surface area contributed by atoms with E-state index < -0.39 is 0 Å². The molecule has 0 saturated carbocycles. The van der Waals surface area contributed by atoms with Crippen LogP contribution in [0.4, 0.5) is 0 Å². The highest BCUT2D eigenvalue weighted by molar-refractivity contribution is 4.80. The molecule has 1 radical (unpaired) electrons. The molecule has 0 aromatic rings. The lowest BCUT2D eigenvalue weighted by Crippen LogP contribution is -2.17. The zero-order valence-electron chi connectivity index (χ0n) is 3.83. The Morgan fingerprint density at radius 3 is 3.00 bits per heavy atom. The second-order valence-electron chi connectivity index (χ2n) is 1.27. The van der Waals surface area contributed by atoms with Crippen molar-refractivity contribution < 1.29 is 9.94 Å². The summed E-state index contributed by atoms with van der Waals surface area (Å²) in [6.07, 6.45) is 3.30. The second-order valence-corrected chi connectivity index (χ2v) is 1.27. The van der Waals surface area contributed by atoms with Crippen LogP contribution < -0.4 is 0 Å². The van der Waals surface area contributed by atoms with Crippen molar-refractivity contribution in [2.24, 2.45) is 0 Å². The molecule has 1 aliphatic heterocycles. The topological polar surface area (TPSA) is 32.4 Å². The van der Waals surface area contributed by atoms with Gasteiger partial charge in [-0.05, 0) is 6.08 Å². The van der Waals surface area contributed by atoms with Crippen molar-refractivity contribution in [2.75, 3.05) is 13.3 Å². The summed E-state index contributed by atoms with van der Waals surface area (Å²) in [5.41, 5.74) is 0. The lowest BCUT2D eigenvalue weighted by Gasteiger charge is -2.06. The summed E-state index contributed by atoms with van der Waals surface area (Å²) in [6.45, 7) is 0.344. The molecule has 0 aromatic heterocycles. The predicted octanol–water partition coefficient (Wildman–Crippen LogP) is 0.135. The second kappa shape index (κ2) is 1.95. The summed E-state index contributed by atoms with van der Waals surface area (Å²) < 4.78 is 0. The third-order valence-electron chi connectivity index (χ3n) is 0.759. The first-order valence-corrected chi connectivity index (χ1v) is 2.08. The average Bonchev–Trinajstić information content (AvgIpc) is 2.14. The lowest BCUT2D eigenvalue weighted by atomic mass is 10.6. The molecule has 3 nitrogen and oxygen atoms in total. The molecule has 0 N–H and O–H groups in total. The van der Waals surface area contributed by atoms with Crippen LogP contribution in [-0.4, -0.2) is 18.3 Å². The highest BCUT2D eigenvalue weighted by Gasteiger charge is 2.03. The lowest BCUT2D eigenvalue weighted by molar-refractivity contribution is -0.145. The zero-order chi connectivity index (χ0) is 5.11. The van der Waals surface area contributed by atoms with E-state index in [1.807, 2.05) is 0 Å². The van der Waals surface area contributed by atoms with Gasteiger partial charge in [0.25, 0.3) is 0 Å². The maximum absolute atomic E-state index is 9.89. The summed E-state index contributed by atoms with van der Waals surface area (Å²) in [5, 5.41) is 11.2. The van der Waals surface area contributed by atoms with Gasteiger partial charge in [-0.15, -0.1) is 5.06 Å². The molecule has 3 heteroatoms. The van der Waals surface area contributed by atoms with Gasteiger partial charge in [0.05, 0.1) is 6.54 Å². The van der Waals surface area contributed by atoms with Crippen molar-refractivity contribution in [3.05, 3.63) is 12.3 Å². The predicted molar refractivity (Wildman–Crippen MR) is 22.5 cm³/mol. The van der Waals surface area contributed by atoms with Crippen LogP contribution in [0.25, 0.3) is 0 Å². The van der Waals surface area contributed by atoms with Crippen molar-refractivity contribution in [1.82, 2.24) is 5.06 Å². The Morgan fingerprint density at radius 1 is 1.86 bits per heavy atom. The van der Waals surface area contributed by atoms with Crippen LogP contribution in [0.5, 0.6) is 0 Å². The standard InChI is InChI=1S/C4H6NO2/c6-4-5-2-1-3-7-5/h1,3H,2,4H2. The molecule has 0 bridgehead atoms. The Morgan fingerprint density at radius 2 is 2.71 bits per heavy atom. The molecule has 0 aromatic carbocycles. The molecular weight excluding hydrogens is 94.0 g/mol. The summed E-state index contributed by atoms with van der Waals surface area (Å²) in [5.74, 6) is 0. The molecule has 7 heavy (non-hydrogen) atoms. The van der Waals surface area contributed by atoms with E-state index in [0.29, 0.717) is 6.54 Å². The third kappa shape index (κ3) is 0.913. The third-order valence-corrected chi connectivity index (χ3v) is 0.759. The van der Waals surface area contributed by atoms with Crippen molar-refractivity contribution >= 4 is 0 Å². The molecule has 0 spiro atoms. The van der Waals surface area contributed by atoms with Crippen molar-refractivity contribution in [3.8, 4) is 0 Å². The number of hydrogen-bond donors (Lipinski definition) is 0. The smallest absolute Gasteiger partial charge is 0.168 e. The van der Waals surface area contributed by atoms with E-state index in [9.17, 15) is 5.11 Å². The summed E-state index contributed by atoms with van der Waals surface area (Å²) in [4.78, 5) is 4.64. The molecule has 0 saturated heterocycles. The Kier molecular flexibility index (Phi) is 1.29. The first-order chi connectivity index (χ1) is 3.43. The highest BCUT2D eigenvalue weighted by Crippen LogP contribution is 1.97. The summed E-state index contributed by atoms with van der Waals surface area (Å²) in [6, 6.07) is 0. The molecule has 1 rings (SSSR count). The summed E-state index contributed by atoms with van der Waals surface area (Å²) in [7, 11) is 0. The number of hydrogen-bond acceptors (Lipinski definition) is 2. The maximum atomic E-state index is 9.89. The van der Waals surface area contributed by atoms with Gasteiger partial charge in [0.1, 0.15) is 6.26 Å². The van der Waals surface area contributed by atoms with Crippen LogP contribution in [-0.2, 0) is 9.94 Å². The molecule has 0 fully saturated rings. The van der Waals surface area contributed by atoms with E-state index in [0.717, 1.165) is 0 Å². The number of hydroxylamine groups is 2. The Labute approximate surface area is 41.8 Å². The Hall–Kier alpha value is -0.540. The first kappa shape index (κ1) is 4.61. The molecule has 0 aliphatic carbocycles. The van der Waals surface area contributed by atoms with Crippen LogP contribution >= 0.6 is 0 Å². The Balaban J connectivity index is 2.22. The average molecular weight is 100 g/mol. The van der Waals surface area contributed by atoms with E-state index in [1.165, 1.54) is 11.3 Å².